The van der Waals surface area contributed by atoms with Crippen LogP contribution in [0.2, 0.25) is 0 Å². The number of para-hydroxylation sites is 4. The zero-order chi connectivity index (χ0) is 55.2. The first-order valence-corrected chi connectivity index (χ1v) is 29.1. The van der Waals surface area contributed by atoms with Crippen LogP contribution in [0.15, 0.2) is 315 Å². The van der Waals surface area contributed by atoms with Crippen molar-refractivity contribution < 1.29 is 0 Å². The van der Waals surface area contributed by atoms with Gasteiger partial charge in [0.05, 0.1) is 22.4 Å². The molecule has 390 valence electrons. The maximum atomic E-state index is 2.63. The van der Waals surface area contributed by atoms with E-state index in [2.05, 4.69) is 330 Å². The second-order valence-corrected chi connectivity index (χ2v) is 22.3. The van der Waals surface area contributed by atoms with Crippen LogP contribution in [0.25, 0.3) is 105 Å². The average Bonchev–Trinajstić information content (AvgIpc) is 0.977. The number of hydrogen-bond acceptors (Lipinski definition) is 2. The van der Waals surface area contributed by atoms with E-state index in [4.69, 9.17) is 0 Å². The molecule has 0 atom stereocenters. The average molecular weight is 1070 g/mol. The Labute approximate surface area is 488 Å². The molecule has 0 amide bonds. The fraction of sp³-hybridized carbons (Fsp3) is 0. The van der Waals surface area contributed by atoms with Crippen molar-refractivity contribution in [2.45, 2.75) is 0 Å². The van der Waals surface area contributed by atoms with Gasteiger partial charge in [0.25, 0.3) is 6.71 Å². The van der Waals surface area contributed by atoms with Gasteiger partial charge in [0, 0.05) is 61.5 Å². The summed E-state index contributed by atoms with van der Waals surface area (Å²) in [6.45, 7) is -0.147. The van der Waals surface area contributed by atoms with Gasteiger partial charge in [-0.2, -0.15) is 0 Å². The first-order chi connectivity index (χ1) is 41.7. The van der Waals surface area contributed by atoms with Crippen molar-refractivity contribution in [1.29, 1.82) is 0 Å². The first-order valence-electron chi connectivity index (χ1n) is 29.1. The number of aromatic nitrogens is 1. The Hall–Kier alpha value is -10.9. The molecule has 0 aliphatic carbocycles. The van der Waals surface area contributed by atoms with Crippen LogP contribution in [0.1, 0.15) is 0 Å². The molecular formula is C80H52BN3. The van der Waals surface area contributed by atoms with Crippen LogP contribution in [0, 0.1) is 0 Å². The Morgan fingerprint density at radius 1 is 0.238 bits per heavy atom. The van der Waals surface area contributed by atoms with E-state index in [0.29, 0.717) is 0 Å². The number of hydrogen-bond donors (Lipinski definition) is 0. The summed E-state index contributed by atoms with van der Waals surface area (Å²) in [7, 11) is 0. The van der Waals surface area contributed by atoms with E-state index in [0.717, 1.165) is 89.9 Å². The summed E-state index contributed by atoms with van der Waals surface area (Å²) in [4.78, 5) is 5.26. The second kappa shape index (κ2) is 19.4. The van der Waals surface area contributed by atoms with Crippen molar-refractivity contribution in [2.75, 3.05) is 9.80 Å². The quantitative estimate of drug-likeness (QED) is 0.111. The molecule has 0 bridgehead atoms. The lowest BCUT2D eigenvalue weighted by Crippen LogP contribution is -2.61. The van der Waals surface area contributed by atoms with Gasteiger partial charge in [-0.1, -0.05) is 255 Å². The normalized spacial score (nSPS) is 12.5. The lowest BCUT2D eigenvalue weighted by molar-refractivity contribution is 1.17. The molecule has 2 aliphatic heterocycles. The highest BCUT2D eigenvalue weighted by molar-refractivity contribution is 7.00. The van der Waals surface area contributed by atoms with Crippen molar-refractivity contribution in [3.8, 4) is 61.3 Å². The molecule has 0 saturated heterocycles. The fourth-order valence-electron chi connectivity index (χ4n) is 14.0. The largest absolute Gasteiger partial charge is 0.310 e. The minimum atomic E-state index is -0.147. The molecule has 14 aromatic carbocycles. The highest BCUT2D eigenvalue weighted by atomic mass is 15.2. The molecule has 0 saturated carbocycles. The molecular weight excluding hydrogens is 1010 g/mol. The summed E-state index contributed by atoms with van der Waals surface area (Å²) in [6, 6.07) is 117. The van der Waals surface area contributed by atoms with Gasteiger partial charge >= 0.3 is 0 Å². The molecule has 3 nitrogen and oxygen atoms in total. The number of benzene rings is 14. The molecule has 2 aliphatic rings. The number of rotatable bonds is 8. The molecule has 0 fully saturated rings. The van der Waals surface area contributed by atoms with Crippen LogP contribution >= 0.6 is 0 Å². The van der Waals surface area contributed by atoms with Gasteiger partial charge < -0.3 is 14.4 Å². The lowest BCUT2D eigenvalue weighted by atomic mass is 9.33. The maximum Gasteiger partial charge on any atom is 0.252 e. The molecule has 0 spiro atoms. The predicted octanol–water partition coefficient (Wildman–Crippen LogP) is 19.5. The molecule has 0 unspecified atom stereocenters. The third kappa shape index (κ3) is 7.54. The molecule has 3 heterocycles. The van der Waals surface area contributed by atoms with E-state index in [1.807, 2.05) is 0 Å². The van der Waals surface area contributed by atoms with Gasteiger partial charge in [0.15, 0.2) is 0 Å². The minimum absolute atomic E-state index is 0.147. The van der Waals surface area contributed by atoms with Gasteiger partial charge in [0.1, 0.15) is 0 Å². The zero-order valence-electron chi connectivity index (χ0n) is 45.9. The monoisotopic (exact) mass is 1070 g/mol. The van der Waals surface area contributed by atoms with E-state index < -0.39 is 0 Å². The van der Waals surface area contributed by atoms with Gasteiger partial charge in [-0.15, -0.1) is 0 Å². The second-order valence-electron chi connectivity index (χ2n) is 22.3. The topological polar surface area (TPSA) is 11.4 Å². The van der Waals surface area contributed by atoms with E-state index in [9.17, 15) is 0 Å². The molecule has 0 radical (unpaired) electrons. The zero-order valence-corrected chi connectivity index (χ0v) is 45.9. The van der Waals surface area contributed by atoms with Crippen molar-refractivity contribution in [2.24, 2.45) is 0 Å². The summed E-state index contributed by atoms with van der Waals surface area (Å²) < 4.78 is 2.47. The summed E-state index contributed by atoms with van der Waals surface area (Å²) in [5, 5.41) is 7.42. The third-order valence-electron chi connectivity index (χ3n) is 17.7. The highest BCUT2D eigenvalue weighted by Gasteiger charge is 2.45. The van der Waals surface area contributed by atoms with Crippen LogP contribution in [0.5, 0.6) is 0 Å². The van der Waals surface area contributed by atoms with Crippen LogP contribution < -0.4 is 26.2 Å². The van der Waals surface area contributed by atoms with Gasteiger partial charge in [0.2, 0.25) is 0 Å². The minimum Gasteiger partial charge on any atom is -0.310 e. The number of nitrogens with zero attached hydrogens (tertiary/aromatic N) is 3. The lowest BCUT2D eigenvalue weighted by Gasteiger charge is -2.45. The van der Waals surface area contributed by atoms with E-state index in [1.54, 1.807) is 0 Å². The van der Waals surface area contributed by atoms with Crippen molar-refractivity contribution in [3.05, 3.63) is 315 Å². The molecule has 84 heavy (non-hydrogen) atoms. The van der Waals surface area contributed by atoms with Gasteiger partial charge in [-0.25, -0.2) is 0 Å². The molecule has 0 N–H and O–H groups in total. The SMILES string of the molecule is c1ccc(-c2cccc(-c3ccccc3)c2N2c3cc(-c4ccc5cc6ccccc6cc5c4)ccc3B3c4ccc(-n5c6ccccc6c6ccccc65)cc4N(c4c(-c5ccccc5)cccc4-c4ccccc4)c4cccc2c43)cc1. The molecule has 17 rings (SSSR count). The summed E-state index contributed by atoms with van der Waals surface area (Å²) in [5.41, 5.74) is 25.7. The number of fused-ring (bicyclic) bond motifs is 9. The molecule has 15 aromatic rings. The van der Waals surface area contributed by atoms with Crippen LogP contribution in [0.4, 0.5) is 34.1 Å². The Morgan fingerprint density at radius 3 is 1.14 bits per heavy atom. The first kappa shape index (κ1) is 47.8. The van der Waals surface area contributed by atoms with Crippen LogP contribution in [0.3, 0.4) is 0 Å². The summed E-state index contributed by atoms with van der Waals surface area (Å²) in [6.07, 6.45) is 0. The Morgan fingerprint density at radius 2 is 0.631 bits per heavy atom. The van der Waals surface area contributed by atoms with E-state index in [-0.39, 0.29) is 6.71 Å². The maximum absolute atomic E-state index is 2.63. The Balaban J connectivity index is 0.991. The third-order valence-corrected chi connectivity index (χ3v) is 17.7. The van der Waals surface area contributed by atoms with E-state index in [1.165, 1.54) is 65.3 Å². The van der Waals surface area contributed by atoms with Gasteiger partial charge in [-0.3, -0.25) is 0 Å². The van der Waals surface area contributed by atoms with Gasteiger partial charge in [-0.05, 0) is 132 Å². The molecule has 1 aromatic heterocycles. The fourth-order valence-corrected chi connectivity index (χ4v) is 14.0. The van der Waals surface area contributed by atoms with Crippen LogP contribution in [-0.4, -0.2) is 11.3 Å². The Bertz CT molecular complexity index is 4920. The van der Waals surface area contributed by atoms with Crippen molar-refractivity contribution in [1.82, 2.24) is 4.57 Å². The smallest absolute Gasteiger partial charge is 0.252 e. The number of anilines is 6. The van der Waals surface area contributed by atoms with Crippen LogP contribution in [-0.2, 0) is 0 Å². The summed E-state index contributed by atoms with van der Waals surface area (Å²) in [5.74, 6) is 0. The molecule has 4 heteroatoms. The highest BCUT2D eigenvalue weighted by Crippen LogP contribution is 2.53. The Kier molecular flexibility index (Phi) is 11.0. The van der Waals surface area contributed by atoms with Crippen molar-refractivity contribution >= 4 is 101 Å². The summed E-state index contributed by atoms with van der Waals surface area (Å²) >= 11 is 0. The predicted molar refractivity (Wildman–Crippen MR) is 357 cm³/mol. The van der Waals surface area contributed by atoms with E-state index >= 15 is 0 Å². The van der Waals surface area contributed by atoms with Crippen molar-refractivity contribution in [3.63, 3.8) is 0 Å². The standard InChI is InChI=1S/C80H52BN3/c1-5-22-53(23-6-1)64-34-19-35-65(54-24-7-2-8-25-54)79(64)83-74-40-21-41-75-78(74)81(70-46-44-61(51-76(70)83)59-42-43-60-48-57-30-13-14-31-58(57)49-62(60)50-59)71-47-45-63(82-72-38-17-15-32-68(72)69-33-16-18-39-73(69)82)52-77(71)84(75)80-66(55-26-9-3-10-27-55)36-20-37-67(80)56-28-11-4-12-29-56/h1-52H.